The topological polar surface area (TPSA) is 69.7 Å². The Balaban J connectivity index is 2.64. The zero-order valence-electron chi connectivity index (χ0n) is 12.8. The Bertz CT molecular complexity index is 540. The number of ether oxygens (including phenoxy) is 2. The van der Waals surface area contributed by atoms with Crippen LogP contribution in [0, 0.1) is 0 Å². The van der Waals surface area contributed by atoms with Crippen LogP contribution in [0.2, 0.25) is 0 Å². The highest BCUT2D eigenvalue weighted by molar-refractivity contribution is 6.00. The van der Waals surface area contributed by atoms with Gasteiger partial charge in [0.2, 0.25) is 0 Å². The van der Waals surface area contributed by atoms with Crippen LogP contribution in [0.5, 0.6) is 0 Å². The standard InChI is InChI=1S/C16H20O5/c1-16(2,3)21-14(18)9-8-13(17)11-6-5-7-12(10-11)15(19)20-4/h5-7,10H,8-9H2,1-4H3. The minimum Gasteiger partial charge on any atom is -0.465 e. The largest absolute Gasteiger partial charge is 0.465 e. The quantitative estimate of drug-likeness (QED) is 0.616. The lowest BCUT2D eigenvalue weighted by molar-refractivity contribution is -0.154. The minimum atomic E-state index is -0.565. The van der Waals surface area contributed by atoms with E-state index in [2.05, 4.69) is 4.74 Å². The molecule has 1 rings (SSSR count). The molecule has 0 saturated carbocycles. The van der Waals surface area contributed by atoms with Crippen LogP contribution < -0.4 is 0 Å². The lowest BCUT2D eigenvalue weighted by Gasteiger charge is -2.19. The van der Waals surface area contributed by atoms with Gasteiger partial charge >= 0.3 is 11.9 Å². The molecule has 0 N–H and O–H groups in total. The van der Waals surface area contributed by atoms with E-state index in [1.54, 1.807) is 39.0 Å². The van der Waals surface area contributed by atoms with Gasteiger partial charge in [-0.15, -0.1) is 0 Å². The van der Waals surface area contributed by atoms with E-state index in [1.165, 1.54) is 13.2 Å². The molecule has 0 aliphatic heterocycles. The first kappa shape index (κ1) is 16.9. The van der Waals surface area contributed by atoms with Gasteiger partial charge in [0.15, 0.2) is 5.78 Å². The van der Waals surface area contributed by atoms with E-state index in [9.17, 15) is 14.4 Å². The average molecular weight is 292 g/mol. The molecule has 0 aromatic heterocycles. The molecule has 0 heterocycles. The molecule has 0 aliphatic rings. The average Bonchev–Trinajstić information content (AvgIpc) is 2.42. The van der Waals surface area contributed by atoms with Gasteiger partial charge in [-0.25, -0.2) is 4.79 Å². The van der Waals surface area contributed by atoms with Crippen molar-refractivity contribution >= 4 is 17.7 Å². The SMILES string of the molecule is COC(=O)c1cccc(C(=O)CCC(=O)OC(C)(C)C)c1. The number of esters is 2. The van der Waals surface area contributed by atoms with Crippen LogP contribution in [0.3, 0.4) is 0 Å². The molecule has 1 aromatic rings. The third-order valence-corrected chi connectivity index (χ3v) is 2.58. The van der Waals surface area contributed by atoms with Crippen LogP contribution >= 0.6 is 0 Å². The molecule has 5 heteroatoms. The summed E-state index contributed by atoms with van der Waals surface area (Å²) >= 11 is 0. The summed E-state index contributed by atoms with van der Waals surface area (Å²) < 4.78 is 9.74. The van der Waals surface area contributed by atoms with E-state index >= 15 is 0 Å². The van der Waals surface area contributed by atoms with Crippen molar-refractivity contribution in [1.82, 2.24) is 0 Å². The molecule has 0 aliphatic carbocycles. The fourth-order valence-electron chi connectivity index (χ4n) is 1.69. The third-order valence-electron chi connectivity index (χ3n) is 2.58. The Morgan fingerprint density at radius 2 is 1.67 bits per heavy atom. The molecule has 0 bridgehead atoms. The van der Waals surface area contributed by atoms with E-state index < -0.39 is 17.5 Å². The first-order valence-corrected chi connectivity index (χ1v) is 6.66. The highest BCUT2D eigenvalue weighted by atomic mass is 16.6. The molecule has 0 radical (unpaired) electrons. The van der Waals surface area contributed by atoms with Gasteiger partial charge in [0.1, 0.15) is 5.60 Å². The highest BCUT2D eigenvalue weighted by Gasteiger charge is 2.18. The van der Waals surface area contributed by atoms with Crippen molar-refractivity contribution in [2.24, 2.45) is 0 Å². The van der Waals surface area contributed by atoms with Crippen LogP contribution in [0.15, 0.2) is 24.3 Å². The summed E-state index contributed by atoms with van der Waals surface area (Å²) in [6, 6.07) is 6.23. The Hall–Kier alpha value is -2.17. The smallest absolute Gasteiger partial charge is 0.337 e. The fourth-order valence-corrected chi connectivity index (χ4v) is 1.69. The zero-order valence-corrected chi connectivity index (χ0v) is 12.8. The summed E-state index contributed by atoms with van der Waals surface area (Å²) in [5.74, 6) is -1.14. The molecule has 114 valence electrons. The summed E-state index contributed by atoms with van der Waals surface area (Å²) in [6.07, 6.45) is 0.0537. The predicted molar refractivity (Wildman–Crippen MR) is 77.2 cm³/mol. The van der Waals surface area contributed by atoms with Crippen molar-refractivity contribution in [3.63, 3.8) is 0 Å². The van der Waals surface area contributed by atoms with Gasteiger partial charge in [0, 0.05) is 12.0 Å². The van der Waals surface area contributed by atoms with Crippen LogP contribution in [-0.2, 0) is 14.3 Å². The maximum absolute atomic E-state index is 12.0. The molecule has 0 saturated heterocycles. The van der Waals surface area contributed by atoms with Crippen molar-refractivity contribution in [1.29, 1.82) is 0 Å². The van der Waals surface area contributed by atoms with E-state index in [0.29, 0.717) is 11.1 Å². The second-order valence-corrected chi connectivity index (χ2v) is 5.58. The maximum atomic E-state index is 12.0. The Morgan fingerprint density at radius 1 is 1.05 bits per heavy atom. The van der Waals surface area contributed by atoms with Gasteiger partial charge in [-0.05, 0) is 32.9 Å². The summed E-state index contributed by atoms with van der Waals surface area (Å²) in [7, 11) is 1.28. The number of carbonyl (C=O) groups is 3. The monoisotopic (exact) mass is 292 g/mol. The molecule has 1 aromatic carbocycles. The number of hydrogen-bond acceptors (Lipinski definition) is 5. The first-order chi connectivity index (χ1) is 9.73. The summed E-state index contributed by atoms with van der Waals surface area (Å²) in [5, 5.41) is 0. The predicted octanol–water partition coefficient (Wildman–Crippen LogP) is 2.78. The van der Waals surface area contributed by atoms with Crippen LogP contribution in [0.25, 0.3) is 0 Å². The van der Waals surface area contributed by atoms with Crippen LogP contribution in [0.4, 0.5) is 0 Å². The number of ketones is 1. The Morgan fingerprint density at radius 3 is 2.24 bits per heavy atom. The molecule has 0 amide bonds. The second kappa shape index (κ2) is 7.02. The number of benzene rings is 1. The number of carbonyl (C=O) groups excluding carboxylic acids is 3. The number of Topliss-reactive ketones (excluding diaryl/α,β-unsaturated/α-hetero) is 1. The number of rotatable bonds is 5. The van der Waals surface area contributed by atoms with Crippen LogP contribution in [-0.4, -0.2) is 30.4 Å². The molecular formula is C16H20O5. The van der Waals surface area contributed by atoms with Crippen molar-refractivity contribution < 1.29 is 23.9 Å². The Labute approximate surface area is 124 Å². The van der Waals surface area contributed by atoms with Gasteiger partial charge in [0.25, 0.3) is 0 Å². The zero-order chi connectivity index (χ0) is 16.0. The maximum Gasteiger partial charge on any atom is 0.337 e. The van der Waals surface area contributed by atoms with Gasteiger partial charge in [-0.1, -0.05) is 12.1 Å². The summed E-state index contributed by atoms with van der Waals surface area (Å²) in [4.78, 5) is 35.0. The molecule has 0 atom stereocenters. The van der Waals surface area contributed by atoms with Gasteiger partial charge in [0.05, 0.1) is 19.1 Å². The molecular weight excluding hydrogens is 272 g/mol. The van der Waals surface area contributed by atoms with E-state index in [4.69, 9.17) is 4.74 Å². The van der Waals surface area contributed by atoms with Crippen molar-refractivity contribution in [3.05, 3.63) is 35.4 Å². The van der Waals surface area contributed by atoms with Crippen molar-refractivity contribution in [2.75, 3.05) is 7.11 Å². The highest BCUT2D eigenvalue weighted by Crippen LogP contribution is 2.13. The molecule has 21 heavy (non-hydrogen) atoms. The van der Waals surface area contributed by atoms with Crippen molar-refractivity contribution in [2.45, 2.75) is 39.2 Å². The van der Waals surface area contributed by atoms with E-state index in [-0.39, 0.29) is 18.6 Å². The molecule has 0 fully saturated rings. The minimum absolute atomic E-state index is 0.0125. The summed E-state index contributed by atoms with van der Waals surface area (Å²) in [6.45, 7) is 5.31. The van der Waals surface area contributed by atoms with E-state index in [0.717, 1.165) is 0 Å². The van der Waals surface area contributed by atoms with E-state index in [1.807, 2.05) is 0 Å². The second-order valence-electron chi connectivity index (χ2n) is 5.58. The molecule has 0 unspecified atom stereocenters. The van der Waals surface area contributed by atoms with Gasteiger partial charge in [-0.2, -0.15) is 0 Å². The lowest BCUT2D eigenvalue weighted by Crippen LogP contribution is -2.24. The lowest BCUT2D eigenvalue weighted by atomic mass is 10.0. The number of methoxy groups -OCH3 is 1. The number of hydrogen-bond donors (Lipinski definition) is 0. The fraction of sp³-hybridized carbons (Fsp3) is 0.438. The third kappa shape index (κ3) is 5.77. The molecule has 0 spiro atoms. The normalized spacial score (nSPS) is 10.9. The first-order valence-electron chi connectivity index (χ1n) is 6.66. The molecule has 5 nitrogen and oxygen atoms in total. The summed E-state index contributed by atoms with van der Waals surface area (Å²) in [5.41, 5.74) is 0.118. The Kier molecular flexibility index (Phi) is 5.64. The van der Waals surface area contributed by atoms with Crippen molar-refractivity contribution in [3.8, 4) is 0 Å². The van der Waals surface area contributed by atoms with Gasteiger partial charge < -0.3 is 9.47 Å². The van der Waals surface area contributed by atoms with Gasteiger partial charge in [-0.3, -0.25) is 9.59 Å². The van der Waals surface area contributed by atoms with Crippen LogP contribution in [0.1, 0.15) is 54.3 Å².